The quantitative estimate of drug-likeness (QED) is 0.277. The molecule has 1 N–H and O–H groups in total. The number of benzene rings is 1. The Bertz CT molecular complexity index is 790. The summed E-state index contributed by atoms with van der Waals surface area (Å²) in [6, 6.07) is 5.26. The molecule has 1 fully saturated rings. The van der Waals surface area contributed by atoms with Crippen LogP contribution in [0.3, 0.4) is 0 Å². The first-order chi connectivity index (χ1) is 13.9. The number of rotatable bonds is 10. The van der Waals surface area contributed by atoms with Crippen LogP contribution in [-0.2, 0) is 19.1 Å². The molecule has 1 heterocycles. The minimum absolute atomic E-state index is 0.147. The number of ether oxygens (including phenoxy) is 1. The van der Waals surface area contributed by atoms with Crippen LogP contribution < -0.4 is 5.32 Å². The number of amides is 5. The van der Waals surface area contributed by atoms with Crippen molar-refractivity contribution < 1.29 is 28.7 Å². The zero-order valence-electron chi connectivity index (χ0n) is 16.6. The Morgan fingerprint density at radius 3 is 2.17 bits per heavy atom. The SMILES string of the molecule is CCCCOC(=O)c1ccc(NC(=O)CN2C(=O)C(=O)N(CCCC)C2=O)cc1. The van der Waals surface area contributed by atoms with Crippen LogP contribution in [0.15, 0.2) is 24.3 Å². The van der Waals surface area contributed by atoms with Crippen LogP contribution in [0.25, 0.3) is 0 Å². The molecule has 1 aromatic carbocycles. The van der Waals surface area contributed by atoms with E-state index in [0.717, 1.165) is 24.2 Å². The molecule has 0 saturated carbocycles. The number of hydrogen-bond donors (Lipinski definition) is 1. The Balaban J connectivity index is 1.92. The Kier molecular flexibility index (Phi) is 7.88. The molecule has 0 aliphatic carbocycles. The van der Waals surface area contributed by atoms with E-state index in [1.54, 1.807) is 0 Å². The van der Waals surface area contributed by atoms with Crippen molar-refractivity contribution >= 4 is 35.4 Å². The molecule has 29 heavy (non-hydrogen) atoms. The van der Waals surface area contributed by atoms with Gasteiger partial charge in [-0.05, 0) is 37.1 Å². The van der Waals surface area contributed by atoms with Gasteiger partial charge in [-0.1, -0.05) is 26.7 Å². The average Bonchev–Trinajstić information content (AvgIpc) is 2.90. The van der Waals surface area contributed by atoms with Crippen molar-refractivity contribution in [2.45, 2.75) is 39.5 Å². The molecule has 1 saturated heterocycles. The molecule has 0 atom stereocenters. The van der Waals surface area contributed by atoms with E-state index in [2.05, 4.69) is 5.32 Å². The first kappa shape index (κ1) is 22.1. The highest BCUT2D eigenvalue weighted by Crippen LogP contribution is 2.15. The maximum atomic E-state index is 12.2. The van der Waals surface area contributed by atoms with E-state index in [0.29, 0.717) is 29.2 Å². The molecule has 0 radical (unpaired) electrons. The Labute approximate surface area is 169 Å². The number of unbranched alkanes of at least 4 members (excludes halogenated alkanes) is 2. The lowest BCUT2D eigenvalue weighted by Gasteiger charge is -2.15. The number of anilines is 1. The van der Waals surface area contributed by atoms with Gasteiger partial charge in [0.05, 0.1) is 12.2 Å². The monoisotopic (exact) mass is 403 g/mol. The highest BCUT2D eigenvalue weighted by atomic mass is 16.5. The van der Waals surface area contributed by atoms with Gasteiger partial charge in [-0.25, -0.2) is 14.5 Å². The highest BCUT2D eigenvalue weighted by Gasteiger charge is 2.44. The number of imide groups is 2. The van der Waals surface area contributed by atoms with E-state index in [9.17, 15) is 24.0 Å². The van der Waals surface area contributed by atoms with Crippen molar-refractivity contribution in [2.75, 3.05) is 25.0 Å². The summed E-state index contributed by atoms with van der Waals surface area (Å²) < 4.78 is 5.11. The Hall–Kier alpha value is -3.23. The molecule has 9 heteroatoms. The van der Waals surface area contributed by atoms with Gasteiger partial charge >= 0.3 is 23.8 Å². The number of esters is 1. The third-order valence-electron chi connectivity index (χ3n) is 4.31. The van der Waals surface area contributed by atoms with Crippen molar-refractivity contribution in [2.24, 2.45) is 0 Å². The number of urea groups is 1. The predicted octanol–water partition coefficient (Wildman–Crippen LogP) is 2.17. The molecule has 0 bridgehead atoms. The number of carbonyl (C=O) groups excluding carboxylic acids is 5. The maximum Gasteiger partial charge on any atom is 0.338 e. The van der Waals surface area contributed by atoms with E-state index >= 15 is 0 Å². The van der Waals surface area contributed by atoms with Gasteiger partial charge < -0.3 is 10.1 Å². The fourth-order valence-corrected chi connectivity index (χ4v) is 2.63. The van der Waals surface area contributed by atoms with Crippen LogP contribution in [0, 0.1) is 0 Å². The van der Waals surface area contributed by atoms with E-state index in [1.165, 1.54) is 24.3 Å². The zero-order chi connectivity index (χ0) is 21.4. The van der Waals surface area contributed by atoms with E-state index in [1.807, 2.05) is 13.8 Å². The van der Waals surface area contributed by atoms with Gasteiger partial charge in [0, 0.05) is 12.2 Å². The second-order valence-electron chi connectivity index (χ2n) is 6.60. The van der Waals surface area contributed by atoms with Crippen molar-refractivity contribution in [3.8, 4) is 0 Å². The molecule has 2 rings (SSSR count). The molecular weight excluding hydrogens is 378 g/mol. The third kappa shape index (κ3) is 5.63. The molecule has 0 spiro atoms. The second kappa shape index (κ2) is 10.4. The van der Waals surface area contributed by atoms with Gasteiger partial charge in [0.15, 0.2) is 0 Å². The molecule has 1 aliphatic rings. The van der Waals surface area contributed by atoms with Gasteiger partial charge in [-0.2, -0.15) is 0 Å². The predicted molar refractivity (Wildman–Crippen MR) is 104 cm³/mol. The smallest absolute Gasteiger partial charge is 0.338 e. The lowest BCUT2D eigenvalue weighted by Crippen LogP contribution is -2.39. The summed E-state index contributed by atoms with van der Waals surface area (Å²) in [6.45, 7) is 3.82. The highest BCUT2D eigenvalue weighted by molar-refractivity contribution is 6.45. The zero-order valence-corrected chi connectivity index (χ0v) is 16.6. The normalized spacial score (nSPS) is 13.8. The van der Waals surface area contributed by atoms with Crippen molar-refractivity contribution in [3.05, 3.63) is 29.8 Å². The first-order valence-electron chi connectivity index (χ1n) is 9.63. The fourth-order valence-electron chi connectivity index (χ4n) is 2.63. The van der Waals surface area contributed by atoms with Crippen LogP contribution >= 0.6 is 0 Å². The summed E-state index contributed by atoms with van der Waals surface area (Å²) in [5.41, 5.74) is 0.731. The molecule has 5 amide bonds. The molecule has 156 valence electrons. The number of hydrogen-bond acceptors (Lipinski definition) is 6. The molecule has 1 aliphatic heterocycles. The summed E-state index contributed by atoms with van der Waals surface area (Å²) in [5, 5.41) is 2.53. The largest absolute Gasteiger partial charge is 0.462 e. The van der Waals surface area contributed by atoms with Crippen LogP contribution in [0.5, 0.6) is 0 Å². The second-order valence-corrected chi connectivity index (χ2v) is 6.60. The summed E-state index contributed by atoms with van der Waals surface area (Å²) in [4.78, 5) is 61.7. The lowest BCUT2D eigenvalue weighted by atomic mass is 10.2. The van der Waals surface area contributed by atoms with Crippen molar-refractivity contribution in [3.63, 3.8) is 0 Å². The van der Waals surface area contributed by atoms with Gasteiger partial charge in [-0.3, -0.25) is 19.3 Å². The topological polar surface area (TPSA) is 113 Å². The van der Waals surface area contributed by atoms with Crippen LogP contribution in [-0.4, -0.2) is 59.2 Å². The lowest BCUT2D eigenvalue weighted by molar-refractivity contribution is -0.143. The third-order valence-corrected chi connectivity index (χ3v) is 4.31. The van der Waals surface area contributed by atoms with Gasteiger partial charge in [0.1, 0.15) is 6.54 Å². The minimum Gasteiger partial charge on any atom is -0.462 e. The summed E-state index contributed by atoms with van der Waals surface area (Å²) in [5.74, 6) is -3.00. The Morgan fingerprint density at radius 1 is 0.931 bits per heavy atom. The van der Waals surface area contributed by atoms with Gasteiger partial charge in [-0.15, -0.1) is 0 Å². The summed E-state index contributed by atoms with van der Waals surface area (Å²) in [6.07, 6.45) is 3.04. The van der Waals surface area contributed by atoms with Crippen molar-refractivity contribution in [1.82, 2.24) is 9.80 Å². The van der Waals surface area contributed by atoms with E-state index in [-0.39, 0.29) is 6.54 Å². The summed E-state index contributed by atoms with van der Waals surface area (Å²) in [7, 11) is 0. The van der Waals surface area contributed by atoms with Crippen LogP contribution in [0.4, 0.5) is 10.5 Å². The number of carbonyl (C=O) groups is 5. The minimum atomic E-state index is -1.01. The van der Waals surface area contributed by atoms with Crippen LogP contribution in [0.2, 0.25) is 0 Å². The molecule has 0 unspecified atom stereocenters. The molecular formula is C20H25N3O6. The number of nitrogens with one attached hydrogen (secondary N) is 1. The average molecular weight is 403 g/mol. The van der Waals surface area contributed by atoms with Gasteiger partial charge in [0.25, 0.3) is 0 Å². The van der Waals surface area contributed by atoms with Crippen molar-refractivity contribution in [1.29, 1.82) is 0 Å². The molecule has 1 aromatic rings. The summed E-state index contributed by atoms with van der Waals surface area (Å²) >= 11 is 0. The first-order valence-corrected chi connectivity index (χ1v) is 9.63. The van der Waals surface area contributed by atoms with E-state index in [4.69, 9.17) is 4.74 Å². The molecule has 9 nitrogen and oxygen atoms in total. The fraction of sp³-hybridized carbons (Fsp3) is 0.450. The van der Waals surface area contributed by atoms with Gasteiger partial charge in [0.2, 0.25) is 5.91 Å². The van der Waals surface area contributed by atoms with E-state index < -0.39 is 36.3 Å². The number of nitrogens with zero attached hydrogens (tertiary/aromatic N) is 2. The molecule has 0 aromatic heterocycles. The Morgan fingerprint density at radius 2 is 1.55 bits per heavy atom. The maximum absolute atomic E-state index is 12.2. The van der Waals surface area contributed by atoms with Crippen LogP contribution in [0.1, 0.15) is 49.9 Å². The standard InChI is InChI=1S/C20H25N3O6/c1-3-5-11-22-17(25)18(26)23(20(22)28)13-16(24)21-15-9-7-14(8-10-15)19(27)29-12-6-4-2/h7-10H,3-6,11-13H2,1-2H3,(H,21,24).